The number of fused-ring (bicyclic) bond motifs is 1. The number of nitrogens with two attached hydrogens (primary N) is 1. The van der Waals surface area contributed by atoms with Gasteiger partial charge in [-0.15, -0.1) is 0 Å². The summed E-state index contributed by atoms with van der Waals surface area (Å²) in [7, 11) is 0. The zero-order valence-corrected chi connectivity index (χ0v) is 7.19. The van der Waals surface area contributed by atoms with Crippen LogP contribution >= 0.6 is 0 Å². The first-order valence-electron chi connectivity index (χ1n) is 4.39. The van der Waals surface area contributed by atoms with Crippen LogP contribution in [0.25, 0.3) is 0 Å². The molecule has 1 nitrogen and oxygen atoms in total. The lowest BCUT2D eigenvalue weighted by Crippen LogP contribution is -2.28. The number of hydrogen-bond acceptors (Lipinski definition) is 1. The lowest BCUT2D eigenvalue weighted by molar-refractivity contribution is 0.518. The molecule has 0 aromatic heterocycles. The van der Waals surface area contributed by atoms with E-state index in [0.29, 0.717) is 18.4 Å². The Morgan fingerprint density at radius 1 is 1.31 bits per heavy atom. The molecule has 0 saturated heterocycles. The lowest BCUT2D eigenvalue weighted by Gasteiger charge is -2.21. The van der Waals surface area contributed by atoms with Crippen molar-refractivity contribution in [2.45, 2.75) is 25.3 Å². The summed E-state index contributed by atoms with van der Waals surface area (Å²) in [6.07, 6.45) is 2.03. The molecular formula is C10H11F2N. The van der Waals surface area contributed by atoms with Crippen LogP contribution < -0.4 is 5.73 Å². The summed E-state index contributed by atoms with van der Waals surface area (Å²) >= 11 is 0. The molecule has 0 saturated carbocycles. The average molecular weight is 183 g/mol. The summed E-state index contributed by atoms with van der Waals surface area (Å²) in [5.41, 5.74) is 7.07. The van der Waals surface area contributed by atoms with Crippen molar-refractivity contribution in [2.75, 3.05) is 0 Å². The molecule has 0 aliphatic heterocycles. The van der Waals surface area contributed by atoms with Crippen molar-refractivity contribution in [3.05, 3.63) is 34.9 Å². The summed E-state index contributed by atoms with van der Waals surface area (Å²) in [4.78, 5) is 0. The van der Waals surface area contributed by atoms with E-state index in [4.69, 9.17) is 5.73 Å². The van der Waals surface area contributed by atoms with Crippen LogP contribution in [0.15, 0.2) is 12.1 Å². The Bertz CT molecular complexity index is 336. The summed E-state index contributed by atoms with van der Waals surface area (Å²) in [6.45, 7) is 0. The van der Waals surface area contributed by atoms with Crippen LogP contribution in [-0.4, -0.2) is 6.04 Å². The van der Waals surface area contributed by atoms with Gasteiger partial charge in [0, 0.05) is 12.1 Å². The van der Waals surface area contributed by atoms with Gasteiger partial charge in [0.25, 0.3) is 0 Å². The second kappa shape index (κ2) is 3.07. The third-order valence-electron chi connectivity index (χ3n) is 2.50. The predicted molar refractivity (Wildman–Crippen MR) is 46.4 cm³/mol. The minimum absolute atomic E-state index is 0.0208. The Labute approximate surface area is 75.6 Å². The van der Waals surface area contributed by atoms with Crippen LogP contribution in [0.4, 0.5) is 8.78 Å². The van der Waals surface area contributed by atoms with Gasteiger partial charge in [-0.3, -0.25) is 0 Å². The molecule has 0 fully saturated rings. The Hall–Kier alpha value is -0.960. The van der Waals surface area contributed by atoms with Gasteiger partial charge in [0.15, 0.2) is 0 Å². The van der Waals surface area contributed by atoms with Crippen molar-refractivity contribution in [1.82, 2.24) is 0 Å². The van der Waals surface area contributed by atoms with Crippen LogP contribution in [0.2, 0.25) is 0 Å². The Kier molecular flexibility index (Phi) is 2.04. The monoisotopic (exact) mass is 183 g/mol. The van der Waals surface area contributed by atoms with Gasteiger partial charge in [0.05, 0.1) is 0 Å². The molecule has 13 heavy (non-hydrogen) atoms. The highest BCUT2D eigenvalue weighted by atomic mass is 19.1. The first kappa shape index (κ1) is 8.63. The van der Waals surface area contributed by atoms with Crippen molar-refractivity contribution in [3.63, 3.8) is 0 Å². The third-order valence-corrected chi connectivity index (χ3v) is 2.50. The Balaban J connectivity index is 2.47. The molecule has 70 valence electrons. The molecule has 2 rings (SSSR count). The molecule has 1 aliphatic carbocycles. The van der Waals surface area contributed by atoms with E-state index in [2.05, 4.69) is 0 Å². The van der Waals surface area contributed by atoms with Crippen LogP contribution in [0.1, 0.15) is 17.5 Å². The maximum absolute atomic E-state index is 13.2. The van der Waals surface area contributed by atoms with Crippen molar-refractivity contribution >= 4 is 0 Å². The van der Waals surface area contributed by atoms with Crippen molar-refractivity contribution in [2.24, 2.45) is 5.73 Å². The normalized spacial score (nSPS) is 21.3. The standard InChI is InChI=1S/C10H11F2N/c11-7-3-6-1-2-8(13)5-9(6)10(12)4-7/h3-4,8H,1-2,5,13H2. The second-order valence-corrected chi connectivity index (χ2v) is 3.53. The molecule has 0 heterocycles. The van der Waals surface area contributed by atoms with E-state index in [1.165, 1.54) is 6.07 Å². The van der Waals surface area contributed by atoms with E-state index >= 15 is 0 Å². The van der Waals surface area contributed by atoms with Gasteiger partial charge in [-0.2, -0.15) is 0 Å². The zero-order chi connectivity index (χ0) is 9.42. The molecule has 1 aromatic carbocycles. The smallest absolute Gasteiger partial charge is 0.129 e. The van der Waals surface area contributed by atoms with Crippen LogP contribution in [0, 0.1) is 11.6 Å². The Morgan fingerprint density at radius 2 is 2.08 bits per heavy atom. The highest BCUT2D eigenvalue weighted by molar-refractivity contribution is 5.32. The van der Waals surface area contributed by atoms with E-state index in [1.54, 1.807) is 0 Å². The van der Waals surface area contributed by atoms with E-state index in [-0.39, 0.29) is 6.04 Å². The molecule has 0 bridgehead atoms. The number of hydrogen-bond donors (Lipinski definition) is 1. The maximum Gasteiger partial charge on any atom is 0.129 e. The fourth-order valence-electron chi connectivity index (χ4n) is 1.81. The van der Waals surface area contributed by atoms with Crippen LogP contribution in [-0.2, 0) is 12.8 Å². The first-order valence-corrected chi connectivity index (χ1v) is 4.39. The van der Waals surface area contributed by atoms with Gasteiger partial charge in [-0.1, -0.05) is 0 Å². The van der Waals surface area contributed by atoms with Crippen molar-refractivity contribution in [1.29, 1.82) is 0 Å². The zero-order valence-electron chi connectivity index (χ0n) is 7.19. The number of benzene rings is 1. The summed E-state index contributed by atoms with van der Waals surface area (Å²) in [6, 6.07) is 2.36. The van der Waals surface area contributed by atoms with Gasteiger partial charge in [-0.25, -0.2) is 8.78 Å². The highest BCUT2D eigenvalue weighted by Crippen LogP contribution is 2.24. The number of aryl methyl sites for hydroxylation is 1. The lowest BCUT2D eigenvalue weighted by atomic mass is 9.88. The van der Waals surface area contributed by atoms with Crippen molar-refractivity contribution in [3.8, 4) is 0 Å². The van der Waals surface area contributed by atoms with E-state index in [1.807, 2.05) is 0 Å². The molecular weight excluding hydrogens is 172 g/mol. The SMILES string of the molecule is NC1CCc2cc(F)cc(F)c2C1. The van der Waals surface area contributed by atoms with Gasteiger partial charge in [0.1, 0.15) is 11.6 Å². The molecule has 1 aliphatic rings. The fourth-order valence-corrected chi connectivity index (χ4v) is 1.81. The van der Waals surface area contributed by atoms with Crippen molar-refractivity contribution < 1.29 is 8.78 Å². The predicted octanol–water partition coefficient (Wildman–Crippen LogP) is 1.78. The molecule has 0 radical (unpaired) electrons. The molecule has 2 N–H and O–H groups in total. The summed E-state index contributed by atoms with van der Waals surface area (Å²) < 4.78 is 26.0. The largest absolute Gasteiger partial charge is 0.327 e. The minimum atomic E-state index is -0.494. The molecule has 1 unspecified atom stereocenters. The highest BCUT2D eigenvalue weighted by Gasteiger charge is 2.19. The van der Waals surface area contributed by atoms with Gasteiger partial charge in [-0.05, 0) is 36.5 Å². The topological polar surface area (TPSA) is 26.0 Å². The van der Waals surface area contributed by atoms with Crippen LogP contribution in [0.3, 0.4) is 0 Å². The third kappa shape index (κ3) is 1.56. The van der Waals surface area contributed by atoms with E-state index < -0.39 is 11.6 Å². The molecule has 0 spiro atoms. The van der Waals surface area contributed by atoms with Crippen LogP contribution in [0.5, 0.6) is 0 Å². The molecule has 1 atom stereocenters. The van der Waals surface area contributed by atoms with Gasteiger partial charge >= 0.3 is 0 Å². The van der Waals surface area contributed by atoms with Gasteiger partial charge < -0.3 is 5.73 Å². The Morgan fingerprint density at radius 3 is 2.85 bits per heavy atom. The first-order chi connectivity index (χ1) is 6.16. The summed E-state index contributed by atoms with van der Waals surface area (Å²) in [5, 5.41) is 0. The second-order valence-electron chi connectivity index (χ2n) is 3.53. The minimum Gasteiger partial charge on any atom is -0.327 e. The molecule has 3 heteroatoms. The summed E-state index contributed by atoms with van der Waals surface area (Å²) in [5.74, 6) is -0.947. The quantitative estimate of drug-likeness (QED) is 0.652. The van der Waals surface area contributed by atoms with Gasteiger partial charge in [0.2, 0.25) is 0 Å². The number of halogens is 2. The maximum atomic E-state index is 13.2. The average Bonchev–Trinajstić information content (AvgIpc) is 2.06. The number of rotatable bonds is 0. The van der Waals surface area contributed by atoms with E-state index in [9.17, 15) is 8.78 Å². The van der Waals surface area contributed by atoms with E-state index in [0.717, 1.165) is 18.1 Å². The fraction of sp³-hybridized carbons (Fsp3) is 0.400. The molecule has 0 amide bonds. The molecule has 1 aromatic rings.